The van der Waals surface area contributed by atoms with Gasteiger partial charge < -0.3 is 5.11 Å². The molecule has 2 aromatic rings. The zero-order chi connectivity index (χ0) is 13.2. The third-order valence-corrected chi connectivity index (χ3v) is 3.78. The van der Waals surface area contributed by atoms with Crippen LogP contribution in [0.4, 0.5) is 0 Å². The van der Waals surface area contributed by atoms with Gasteiger partial charge in [0.15, 0.2) is 0 Å². The summed E-state index contributed by atoms with van der Waals surface area (Å²) in [5.74, 6) is 0. The van der Waals surface area contributed by atoms with Gasteiger partial charge in [-0.15, -0.1) is 0 Å². The molecule has 0 spiro atoms. The van der Waals surface area contributed by atoms with Crippen LogP contribution in [0, 0.1) is 6.92 Å². The van der Waals surface area contributed by atoms with E-state index in [0.717, 1.165) is 24.0 Å². The fourth-order valence-electron chi connectivity index (χ4n) is 2.77. The fraction of sp³-hybridized carbons (Fsp3) is 0.222. The molecule has 1 N–H and O–H groups in total. The lowest BCUT2D eigenvalue weighted by Gasteiger charge is -2.24. The van der Waals surface area contributed by atoms with Gasteiger partial charge >= 0.3 is 0 Å². The van der Waals surface area contributed by atoms with Gasteiger partial charge in [-0.1, -0.05) is 60.2 Å². The van der Waals surface area contributed by atoms with Gasteiger partial charge in [0, 0.05) is 0 Å². The summed E-state index contributed by atoms with van der Waals surface area (Å²) in [4.78, 5) is 0. The van der Waals surface area contributed by atoms with E-state index in [2.05, 4.69) is 43.3 Å². The van der Waals surface area contributed by atoms with Crippen LogP contribution in [-0.2, 0) is 6.42 Å². The number of aliphatic hydroxyl groups is 1. The summed E-state index contributed by atoms with van der Waals surface area (Å²) in [6, 6.07) is 16.6. The Labute approximate surface area is 114 Å². The second kappa shape index (κ2) is 5.02. The van der Waals surface area contributed by atoms with Crippen molar-refractivity contribution in [1.82, 2.24) is 0 Å². The van der Waals surface area contributed by atoms with Gasteiger partial charge in [0.05, 0.1) is 0 Å². The standard InChI is InChI=1S/C18H18O/c1-13-5-4-6-14(11-13)12-16-10-9-15-7-2-3-8-17(15)18(16)19/h2-8,11-12,18-19H,9-10H2,1H3/b16-12+. The minimum Gasteiger partial charge on any atom is -0.384 e. The van der Waals surface area contributed by atoms with Crippen molar-refractivity contribution in [3.8, 4) is 0 Å². The van der Waals surface area contributed by atoms with Gasteiger partial charge in [-0.3, -0.25) is 0 Å². The van der Waals surface area contributed by atoms with E-state index in [-0.39, 0.29) is 0 Å². The number of benzene rings is 2. The SMILES string of the molecule is Cc1cccc(/C=C2\CCc3ccccc3C2O)c1. The van der Waals surface area contributed by atoms with Crippen LogP contribution in [0.5, 0.6) is 0 Å². The summed E-state index contributed by atoms with van der Waals surface area (Å²) in [6.45, 7) is 2.09. The largest absolute Gasteiger partial charge is 0.384 e. The molecule has 1 aliphatic carbocycles. The highest BCUT2D eigenvalue weighted by atomic mass is 16.3. The molecule has 1 heteroatoms. The van der Waals surface area contributed by atoms with E-state index in [1.807, 2.05) is 18.2 Å². The van der Waals surface area contributed by atoms with E-state index in [1.165, 1.54) is 16.7 Å². The molecule has 0 aliphatic heterocycles. The quantitative estimate of drug-likeness (QED) is 0.809. The Hall–Kier alpha value is -1.86. The summed E-state index contributed by atoms with van der Waals surface area (Å²) in [5, 5.41) is 10.5. The lowest BCUT2D eigenvalue weighted by molar-refractivity contribution is 0.206. The summed E-state index contributed by atoms with van der Waals surface area (Å²) < 4.78 is 0. The van der Waals surface area contributed by atoms with Crippen LogP contribution in [0.2, 0.25) is 0 Å². The maximum Gasteiger partial charge on any atom is 0.101 e. The Balaban J connectivity index is 1.96. The minimum atomic E-state index is -0.453. The molecular formula is C18H18O. The average molecular weight is 250 g/mol. The van der Waals surface area contributed by atoms with Crippen LogP contribution >= 0.6 is 0 Å². The fourth-order valence-corrected chi connectivity index (χ4v) is 2.77. The van der Waals surface area contributed by atoms with E-state index >= 15 is 0 Å². The van der Waals surface area contributed by atoms with Crippen LogP contribution in [0.25, 0.3) is 6.08 Å². The number of fused-ring (bicyclic) bond motifs is 1. The lowest BCUT2D eigenvalue weighted by Crippen LogP contribution is -2.12. The van der Waals surface area contributed by atoms with Gasteiger partial charge in [-0.2, -0.15) is 0 Å². The van der Waals surface area contributed by atoms with Crippen LogP contribution in [0.3, 0.4) is 0 Å². The van der Waals surface area contributed by atoms with E-state index in [9.17, 15) is 5.11 Å². The number of hydrogen-bond donors (Lipinski definition) is 1. The average Bonchev–Trinajstić information content (AvgIpc) is 2.42. The van der Waals surface area contributed by atoms with Gasteiger partial charge in [0.2, 0.25) is 0 Å². The molecule has 0 aromatic heterocycles. The Morgan fingerprint density at radius 1 is 1.05 bits per heavy atom. The number of rotatable bonds is 1. The highest BCUT2D eigenvalue weighted by Gasteiger charge is 2.21. The number of aliphatic hydroxyl groups excluding tert-OH is 1. The molecule has 1 unspecified atom stereocenters. The Kier molecular flexibility index (Phi) is 3.22. The zero-order valence-corrected chi connectivity index (χ0v) is 11.1. The minimum absolute atomic E-state index is 0.453. The molecule has 0 fully saturated rings. The predicted molar refractivity (Wildman–Crippen MR) is 78.9 cm³/mol. The smallest absolute Gasteiger partial charge is 0.101 e. The summed E-state index contributed by atoms with van der Waals surface area (Å²) in [7, 11) is 0. The summed E-state index contributed by atoms with van der Waals surface area (Å²) >= 11 is 0. The second-order valence-electron chi connectivity index (χ2n) is 5.23. The highest BCUT2D eigenvalue weighted by molar-refractivity contribution is 5.57. The molecule has 0 saturated heterocycles. The van der Waals surface area contributed by atoms with Crippen molar-refractivity contribution >= 4 is 6.08 Å². The third kappa shape index (κ3) is 2.47. The molecule has 0 bridgehead atoms. The Bertz CT molecular complexity index is 625. The van der Waals surface area contributed by atoms with E-state index in [4.69, 9.17) is 0 Å². The van der Waals surface area contributed by atoms with Gasteiger partial charge in [0.1, 0.15) is 6.10 Å². The molecule has 1 aliphatic rings. The van der Waals surface area contributed by atoms with Crippen LogP contribution in [-0.4, -0.2) is 5.11 Å². The topological polar surface area (TPSA) is 20.2 Å². The van der Waals surface area contributed by atoms with Crippen molar-refractivity contribution in [3.63, 3.8) is 0 Å². The lowest BCUT2D eigenvalue weighted by atomic mass is 9.85. The van der Waals surface area contributed by atoms with Crippen LogP contribution in [0.15, 0.2) is 54.1 Å². The van der Waals surface area contributed by atoms with E-state index in [0.29, 0.717) is 0 Å². The number of hydrogen-bond acceptors (Lipinski definition) is 1. The first-order valence-electron chi connectivity index (χ1n) is 6.77. The van der Waals surface area contributed by atoms with Crippen molar-refractivity contribution in [2.75, 3.05) is 0 Å². The Morgan fingerprint density at radius 3 is 2.74 bits per heavy atom. The molecular weight excluding hydrogens is 232 g/mol. The van der Waals surface area contributed by atoms with E-state index in [1.54, 1.807) is 0 Å². The first-order valence-corrected chi connectivity index (χ1v) is 6.77. The maximum absolute atomic E-state index is 10.5. The predicted octanol–water partition coefficient (Wildman–Crippen LogP) is 4.06. The van der Waals surface area contributed by atoms with E-state index < -0.39 is 6.10 Å². The second-order valence-corrected chi connectivity index (χ2v) is 5.23. The maximum atomic E-state index is 10.5. The zero-order valence-electron chi connectivity index (χ0n) is 11.1. The summed E-state index contributed by atoms with van der Waals surface area (Å²) in [6.07, 6.45) is 3.63. The first kappa shape index (κ1) is 12.2. The number of aryl methyl sites for hydroxylation is 2. The molecule has 2 aromatic carbocycles. The van der Waals surface area contributed by atoms with Crippen LogP contribution < -0.4 is 0 Å². The molecule has 3 rings (SSSR count). The van der Waals surface area contributed by atoms with Crippen molar-refractivity contribution in [1.29, 1.82) is 0 Å². The molecule has 1 nitrogen and oxygen atoms in total. The van der Waals surface area contributed by atoms with Gasteiger partial charge in [-0.25, -0.2) is 0 Å². The molecule has 96 valence electrons. The van der Waals surface area contributed by atoms with Gasteiger partial charge in [-0.05, 0) is 42.0 Å². The normalized spacial score (nSPS) is 20.3. The molecule has 0 heterocycles. The molecule has 0 radical (unpaired) electrons. The molecule has 1 atom stereocenters. The molecule has 0 saturated carbocycles. The van der Waals surface area contributed by atoms with Crippen molar-refractivity contribution in [2.45, 2.75) is 25.9 Å². The third-order valence-electron chi connectivity index (χ3n) is 3.78. The van der Waals surface area contributed by atoms with Crippen molar-refractivity contribution in [3.05, 3.63) is 76.4 Å². The monoisotopic (exact) mass is 250 g/mol. The highest BCUT2D eigenvalue weighted by Crippen LogP contribution is 2.34. The Morgan fingerprint density at radius 2 is 1.89 bits per heavy atom. The van der Waals surface area contributed by atoms with Crippen molar-refractivity contribution in [2.24, 2.45) is 0 Å². The molecule has 19 heavy (non-hydrogen) atoms. The van der Waals surface area contributed by atoms with Crippen LogP contribution in [0.1, 0.15) is 34.8 Å². The summed E-state index contributed by atoms with van der Waals surface area (Å²) in [5.41, 5.74) is 5.88. The van der Waals surface area contributed by atoms with Crippen molar-refractivity contribution < 1.29 is 5.11 Å². The molecule has 0 amide bonds. The first-order chi connectivity index (χ1) is 9.24. The van der Waals surface area contributed by atoms with Gasteiger partial charge in [0.25, 0.3) is 0 Å².